The fraction of sp³-hybridized carbons (Fsp3) is 0.409. The molecule has 1 aliphatic heterocycles. The van der Waals surface area contributed by atoms with Crippen LogP contribution in [0.2, 0.25) is 0 Å². The summed E-state index contributed by atoms with van der Waals surface area (Å²) in [6, 6.07) is 14.6. The number of nitrogens with zero attached hydrogens (tertiary/aromatic N) is 2. The lowest BCUT2D eigenvalue weighted by atomic mass is 10.1. The van der Waals surface area contributed by atoms with Gasteiger partial charge in [-0.25, -0.2) is 0 Å². The molecule has 0 spiro atoms. The van der Waals surface area contributed by atoms with Gasteiger partial charge in [0, 0.05) is 38.3 Å². The van der Waals surface area contributed by atoms with Gasteiger partial charge in [-0.2, -0.15) is 0 Å². The van der Waals surface area contributed by atoms with Crippen molar-refractivity contribution in [3.8, 4) is 0 Å². The summed E-state index contributed by atoms with van der Waals surface area (Å²) in [7, 11) is 0. The first-order valence-corrected chi connectivity index (χ1v) is 9.17. The fourth-order valence-electron chi connectivity index (χ4n) is 3.37. The molecule has 3 rings (SSSR count). The lowest BCUT2D eigenvalue weighted by Crippen LogP contribution is -2.35. The second-order valence-corrected chi connectivity index (χ2v) is 7.21. The molecule has 25 heavy (non-hydrogen) atoms. The van der Waals surface area contributed by atoms with E-state index in [1.165, 1.54) is 22.3 Å². The third-order valence-electron chi connectivity index (χ3n) is 5.15. The first kappa shape index (κ1) is 17.7. The monoisotopic (exact) mass is 336 g/mol. The van der Waals surface area contributed by atoms with Gasteiger partial charge in [0.15, 0.2) is 0 Å². The Labute approximate surface area is 151 Å². The van der Waals surface area contributed by atoms with Crippen LogP contribution in [0, 0.1) is 20.8 Å². The van der Waals surface area contributed by atoms with Crippen LogP contribution < -0.4 is 0 Å². The Bertz CT molecular complexity index is 736. The van der Waals surface area contributed by atoms with Crippen molar-refractivity contribution < 1.29 is 4.79 Å². The zero-order chi connectivity index (χ0) is 17.8. The van der Waals surface area contributed by atoms with Crippen molar-refractivity contribution in [1.29, 1.82) is 0 Å². The van der Waals surface area contributed by atoms with E-state index in [4.69, 9.17) is 0 Å². The summed E-state index contributed by atoms with van der Waals surface area (Å²) in [5.74, 6) is 0.160. The molecule has 1 saturated heterocycles. The largest absolute Gasteiger partial charge is 0.337 e. The number of carbonyl (C=O) groups excluding carboxylic acids is 1. The van der Waals surface area contributed by atoms with Crippen LogP contribution in [0.25, 0.3) is 0 Å². The zero-order valence-electron chi connectivity index (χ0n) is 15.6. The van der Waals surface area contributed by atoms with Gasteiger partial charge in [-0.1, -0.05) is 35.9 Å². The molecule has 0 atom stereocenters. The molecule has 1 aliphatic rings. The Morgan fingerprint density at radius 3 is 2.36 bits per heavy atom. The SMILES string of the molecule is Cc1ccc(C(=O)N2CCCN(Cc3ccc(C)c(C)c3)CC2)cc1. The molecule has 0 unspecified atom stereocenters. The third-order valence-corrected chi connectivity index (χ3v) is 5.15. The highest BCUT2D eigenvalue weighted by Crippen LogP contribution is 2.15. The van der Waals surface area contributed by atoms with Gasteiger partial charge in [0.05, 0.1) is 0 Å². The summed E-state index contributed by atoms with van der Waals surface area (Å²) in [4.78, 5) is 17.2. The molecule has 1 fully saturated rings. The quantitative estimate of drug-likeness (QED) is 0.847. The van der Waals surface area contributed by atoms with Crippen LogP contribution in [-0.2, 0) is 6.54 Å². The van der Waals surface area contributed by atoms with E-state index in [2.05, 4.69) is 36.9 Å². The number of hydrogen-bond donors (Lipinski definition) is 0. The molecule has 1 amide bonds. The maximum Gasteiger partial charge on any atom is 0.253 e. The summed E-state index contributed by atoms with van der Waals surface area (Å²) in [6.45, 7) is 11.0. The van der Waals surface area contributed by atoms with E-state index in [1.54, 1.807) is 0 Å². The molecule has 1 heterocycles. The third kappa shape index (κ3) is 4.49. The minimum Gasteiger partial charge on any atom is -0.337 e. The Morgan fingerprint density at radius 1 is 0.880 bits per heavy atom. The number of hydrogen-bond acceptors (Lipinski definition) is 2. The molecule has 3 nitrogen and oxygen atoms in total. The number of benzene rings is 2. The van der Waals surface area contributed by atoms with Gasteiger partial charge >= 0.3 is 0 Å². The van der Waals surface area contributed by atoms with E-state index < -0.39 is 0 Å². The lowest BCUT2D eigenvalue weighted by Gasteiger charge is -2.22. The highest BCUT2D eigenvalue weighted by atomic mass is 16.2. The van der Waals surface area contributed by atoms with Gasteiger partial charge in [0.1, 0.15) is 0 Å². The molecular formula is C22H28N2O. The van der Waals surface area contributed by atoms with E-state index in [0.717, 1.165) is 44.7 Å². The van der Waals surface area contributed by atoms with Crippen LogP contribution in [-0.4, -0.2) is 41.9 Å². The highest BCUT2D eigenvalue weighted by Gasteiger charge is 2.20. The minimum atomic E-state index is 0.160. The molecule has 0 radical (unpaired) electrons. The summed E-state index contributed by atoms with van der Waals surface area (Å²) in [5, 5.41) is 0. The summed E-state index contributed by atoms with van der Waals surface area (Å²) in [6.07, 6.45) is 1.03. The van der Waals surface area contributed by atoms with E-state index in [0.29, 0.717) is 0 Å². The van der Waals surface area contributed by atoms with Crippen molar-refractivity contribution in [2.24, 2.45) is 0 Å². The molecule has 0 bridgehead atoms. The summed E-state index contributed by atoms with van der Waals surface area (Å²) >= 11 is 0. The van der Waals surface area contributed by atoms with Crippen LogP contribution in [0.15, 0.2) is 42.5 Å². The fourth-order valence-corrected chi connectivity index (χ4v) is 3.37. The summed E-state index contributed by atoms with van der Waals surface area (Å²) in [5.41, 5.74) is 6.04. The van der Waals surface area contributed by atoms with Crippen molar-refractivity contribution in [1.82, 2.24) is 9.80 Å². The number of amides is 1. The van der Waals surface area contributed by atoms with E-state index in [-0.39, 0.29) is 5.91 Å². The van der Waals surface area contributed by atoms with Gasteiger partial charge < -0.3 is 4.90 Å². The Balaban J connectivity index is 1.60. The smallest absolute Gasteiger partial charge is 0.253 e. The van der Waals surface area contributed by atoms with Crippen LogP contribution in [0.5, 0.6) is 0 Å². The van der Waals surface area contributed by atoms with Crippen LogP contribution in [0.1, 0.15) is 39.0 Å². The first-order chi connectivity index (χ1) is 12.0. The Morgan fingerprint density at radius 2 is 1.64 bits per heavy atom. The van der Waals surface area contributed by atoms with Gasteiger partial charge in [-0.05, 0) is 56.0 Å². The molecular weight excluding hydrogens is 308 g/mol. The van der Waals surface area contributed by atoms with Crippen molar-refractivity contribution in [2.75, 3.05) is 26.2 Å². The Kier molecular flexibility index (Phi) is 5.54. The predicted molar refractivity (Wildman–Crippen MR) is 103 cm³/mol. The predicted octanol–water partition coefficient (Wildman–Crippen LogP) is 3.96. The average Bonchev–Trinajstić information content (AvgIpc) is 2.84. The maximum absolute atomic E-state index is 12.7. The van der Waals surface area contributed by atoms with Crippen LogP contribution in [0.3, 0.4) is 0 Å². The molecule has 2 aromatic rings. The van der Waals surface area contributed by atoms with Crippen molar-refractivity contribution in [3.63, 3.8) is 0 Å². The van der Waals surface area contributed by atoms with E-state index >= 15 is 0 Å². The average molecular weight is 336 g/mol. The maximum atomic E-state index is 12.7. The second-order valence-electron chi connectivity index (χ2n) is 7.21. The zero-order valence-corrected chi connectivity index (χ0v) is 15.6. The topological polar surface area (TPSA) is 23.6 Å². The first-order valence-electron chi connectivity index (χ1n) is 9.17. The molecule has 0 aliphatic carbocycles. The number of rotatable bonds is 3. The van der Waals surface area contributed by atoms with Gasteiger partial charge in [-0.3, -0.25) is 9.69 Å². The van der Waals surface area contributed by atoms with Crippen molar-refractivity contribution >= 4 is 5.91 Å². The number of carbonyl (C=O) groups is 1. The lowest BCUT2D eigenvalue weighted by molar-refractivity contribution is 0.0761. The van der Waals surface area contributed by atoms with Gasteiger partial charge in [0.25, 0.3) is 5.91 Å². The summed E-state index contributed by atoms with van der Waals surface area (Å²) < 4.78 is 0. The standard InChI is InChI=1S/C22H28N2O/c1-17-5-9-21(10-6-17)22(25)24-12-4-11-23(13-14-24)16-20-8-7-18(2)19(3)15-20/h5-10,15H,4,11-14,16H2,1-3H3. The second kappa shape index (κ2) is 7.83. The molecule has 2 aromatic carbocycles. The van der Waals surface area contributed by atoms with E-state index in [1.807, 2.05) is 36.1 Å². The van der Waals surface area contributed by atoms with Crippen LogP contribution >= 0.6 is 0 Å². The molecule has 0 saturated carbocycles. The van der Waals surface area contributed by atoms with Gasteiger partial charge in [-0.15, -0.1) is 0 Å². The molecule has 132 valence electrons. The van der Waals surface area contributed by atoms with Gasteiger partial charge in [0.2, 0.25) is 0 Å². The van der Waals surface area contributed by atoms with Crippen molar-refractivity contribution in [3.05, 3.63) is 70.3 Å². The van der Waals surface area contributed by atoms with Crippen molar-refractivity contribution in [2.45, 2.75) is 33.7 Å². The van der Waals surface area contributed by atoms with Crippen LogP contribution in [0.4, 0.5) is 0 Å². The highest BCUT2D eigenvalue weighted by molar-refractivity contribution is 5.94. The minimum absolute atomic E-state index is 0.160. The molecule has 0 aromatic heterocycles. The number of aryl methyl sites for hydroxylation is 3. The molecule has 0 N–H and O–H groups in total. The normalized spacial score (nSPS) is 15.9. The molecule has 3 heteroatoms. The van der Waals surface area contributed by atoms with E-state index in [9.17, 15) is 4.79 Å². The Hall–Kier alpha value is -2.13.